The molecule has 0 bridgehead atoms. The van der Waals surface area contributed by atoms with Gasteiger partial charge in [-0.1, -0.05) is 0 Å². The number of hydrogen-bond donors (Lipinski definition) is 0. The van der Waals surface area contributed by atoms with E-state index in [0.29, 0.717) is 11.1 Å². The first-order chi connectivity index (χ1) is 8.09. The summed E-state index contributed by atoms with van der Waals surface area (Å²) in [4.78, 5) is 21.0. The third kappa shape index (κ3) is 2.19. The molecule has 0 atom stereocenters. The minimum Gasteiger partial charge on any atom is -0.459 e. The van der Waals surface area contributed by atoms with Crippen LogP contribution in [-0.2, 0) is 0 Å². The summed E-state index contributed by atoms with van der Waals surface area (Å²) in [5.41, 5.74) is 1.13. The summed E-state index contributed by atoms with van der Waals surface area (Å²) < 4.78 is 4.94. The van der Waals surface area contributed by atoms with Crippen molar-refractivity contribution in [1.29, 1.82) is 0 Å². The molecular weight excluding hydrogens is 246 g/mol. The molecule has 1 aromatic carbocycles. The van der Waals surface area contributed by atoms with Crippen LogP contribution in [0.3, 0.4) is 0 Å². The number of rotatable bonds is 3. The number of carbonyl (C=O) groups is 1. The molecule has 0 fully saturated rings. The van der Waals surface area contributed by atoms with Gasteiger partial charge in [-0.15, -0.1) is 0 Å². The zero-order valence-corrected chi connectivity index (χ0v) is 9.18. The van der Waals surface area contributed by atoms with Gasteiger partial charge in [-0.05, 0) is 35.4 Å². The van der Waals surface area contributed by atoms with Gasteiger partial charge >= 0.3 is 0 Å². The van der Waals surface area contributed by atoms with Crippen molar-refractivity contribution in [3.63, 3.8) is 0 Å². The Kier molecular flexibility index (Phi) is 2.93. The second kappa shape index (κ2) is 4.39. The molecule has 0 saturated carbocycles. The summed E-state index contributed by atoms with van der Waals surface area (Å²) >= 11 is 5.34. The van der Waals surface area contributed by atoms with Gasteiger partial charge in [0.1, 0.15) is 0 Å². The normalized spacial score (nSPS) is 10.2. The van der Waals surface area contributed by atoms with E-state index in [-0.39, 0.29) is 11.4 Å². The molecule has 0 radical (unpaired) electrons. The Morgan fingerprint density at radius 1 is 1.24 bits per heavy atom. The molecule has 0 spiro atoms. The van der Waals surface area contributed by atoms with Crippen molar-refractivity contribution < 1.29 is 14.1 Å². The lowest BCUT2D eigenvalue weighted by molar-refractivity contribution is -0.384. The van der Waals surface area contributed by atoms with E-state index in [2.05, 4.69) is 0 Å². The molecule has 17 heavy (non-hydrogen) atoms. The second-order valence-corrected chi connectivity index (χ2v) is 3.58. The van der Waals surface area contributed by atoms with Crippen molar-refractivity contribution in [2.75, 3.05) is 0 Å². The minimum absolute atomic E-state index is 0.0176. The molecule has 0 amide bonds. The van der Waals surface area contributed by atoms with Gasteiger partial charge in [-0.2, -0.15) is 0 Å². The van der Waals surface area contributed by atoms with Gasteiger partial charge in [0.25, 0.3) is 10.9 Å². The Hall–Kier alpha value is -2.14. The zero-order chi connectivity index (χ0) is 12.4. The summed E-state index contributed by atoms with van der Waals surface area (Å²) in [6.07, 6.45) is 1.34. The number of halogens is 1. The number of nitrogens with zero attached hydrogens (tertiary/aromatic N) is 1. The Bertz CT molecular complexity index is 573. The maximum Gasteiger partial charge on any atom is 0.288 e. The molecule has 5 nitrogen and oxygen atoms in total. The first-order valence-corrected chi connectivity index (χ1v) is 4.99. The number of nitro groups is 1. The van der Waals surface area contributed by atoms with Crippen molar-refractivity contribution in [3.8, 4) is 11.1 Å². The van der Waals surface area contributed by atoms with E-state index in [1.54, 1.807) is 6.07 Å². The van der Waals surface area contributed by atoms with Crippen LogP contribution in [-0.4, -0.2) is 10.2 Å². The van der Waals surface area contributed by atoms with E-state index in [1.165, 1.54) is 30.5 Å². The van der Waals surface area contributed by atoms with E-state index in [4.69, 9.17) is 16.0 Å². The summed E-state index contributed by atoms with van der Waals surface area (Å²) in [6, 6.07) is 7.35. The van der Waals surface area contributed by atoms with Crippen molar-refractivity contribution in [2.24, 2.45) is 0 Å². The van der Waals surface area contributed by atoms with Crippen LogP contribution >= 0.6 is 11.6 Å². The molecule has 0 aliphatic rings. The summed E-state index contributed by atoms with van der Waals surface area (Å²) in [7, 11) is 0. The van der Waals surface area contributed by atoms with Crippen molar-refractivity contribution in [2.45, 2.75) is 0 Å². The maximum atomic E-state index is 11.0. The highest BCUT2D eigenvalue weighted by Crippen LogP contribution is 2.27. The molecule has 1 aromatic heterocycles. The average Bonchev–Trinajstić information content (AvgIpc) is 2.78. The third-order valence-electron chi connectivity index (χ3n) is 2.23. The molecule has 0 unspecified atom stereocenters. The van der Waals surface area contributed by atoms with Gasteiger partial charge in [0, 0.05) is 17.7 Å². The summed E-state index contributed by atoms with van der Waals surface area (Å²) in [5, 5.41) is 9.78. The van der Waals surface area contributed by atoms with Gasteiger partial charge in [0.15, 0.2) is 5.76 Å². The molecule has 1 heterocycles. The van der Waals surface area contributed by atoms with Crippen LogP contribution in [0.15, 0.2) is 41.0 Å². The van der Waals surface area contributed by atoms with E-state index in [1.807, 2.05) is 0 Å². The summed E-state index contributed by atoms with van der Waals surface area (Å²) in [6.45, 7) is 0. The molecule has 2 rings (SSSR count). The first-order valence-electron chi connectivity index (χ1n) is 4.62. The zero-order valence-electron chi connectivity index (χ0n) is 8.42. The average molecular weight is 252 g/mol. The minimum atomic E-state index is -0.705. The van der Waals surface area contributed by atoms with E-state index in [0.717, 1.165) is 0 Å². The fraction of sp³-hybridized carbons (Fsp3) is 0. The lowest BCUT2D eigenvalue weighted by atomic mass is 10.1. The van der Waals surface area contributed by atoms with Crippen LogP contribution in [0.25, 0.3) is 11.1 Å². The molecule has 86 valence electrons. The fourth-order valence-corrected chi connectivity index (χ4v) is 1.60. The van der Waals surface area contributed by atoms with E-state index < -0.39 is 10.2 Å². The first kappa shape index (κ1) is 11.3. The molecule has 0 saturated heterocycles. The monoisotopic (exact) mass is 251 g/mol. The molecular formula is C11H6ClNO4. The predicted molar refractivity (Wildman–Crippen MR) is 61.0 cm³/mol. The molecule has 0 aliphatic heterocycles. The molecule has 6 heteroatoms. The van der Waals surface area contributed by atoms with Crippen LogP contribution in [0.5, 0.6) is 0 Å². The number of carbonyl (C=O) groups excluding carboxylic acids is 1. The summed E-state index contributed by atoms with van der Waals surface area (Å²) in [5.74, 6) is 0.0283. The largest absolute Gasteiger partial charge is 0.459 e. The fourth-order valence-electron chi connectivity index (χ4n) is 1.45. The van der Waals surface area contributed by atoms with Crippen molar-refractivity contribution in [1.82, 2.24) is 0 Å². The molecule has 0 aliphatic carbocycles. The SMILES string of the molecule is O=C(Cl)c1occc1-c1ccc([N+](=O)[O-])cc1. The highest BCUT2D eigenvalue weighted by Gasteiger charge is 2.15. The number of nitro benzene ring substituents is 1. The van der Waals surface area contributed by atoms with Gasteiger partial charge in [-0.3, -0.25) is 14.9 Å². The smallest absolute Gasteiger partial charge is 0.288 e. The molecule has 0 N–H and O–H groups in total. The second-order valence-electron chi connectivity index (χ2n) is 3.24. The number of benzene rings is 1. The molecule has 2 aromatic rings. The number of hydrogen-bond acceptors (Lipinski definition) is 4. The van der Waals surface area contributed by atoms with Gasteiger partial charge in [0.2, 0.25) is 0 Å². The Morgan fingerprint density at radius 2 is 1.88 bits per heavy atom. The maximum absolute atomic E-state index is 11.0. The van der Waals surface area contributed by atoms with Crippen LogP contribution in [0, 0.1) is 10.1 Å². The van der Waals surface area contributed by atoms with E-state index >= 15 is 0 Å². The van der Waals surface area contributed by atoms with Crippen molar-refractivity contribution >= 4 is 22.5 Å². The van der Waals surface area contributed by atoms with E-state index in [9.17, 15) is 14.9 Å². The Labute approximate surface area is 101 Å². The Balaban J connectivity index is 2.43. The van der Waals surface area contributed by atoms with Crippen molar-refractivity contribution in [3.05, 3.63) is 52.5 Å². The van der Waals surface area contributed by atoms with Gasteiger partial charge < -0.3 is 4.42 Å². The lowest BCUT2D eigenvalue weighted by Crippen LogP contribution is -1.90. The predicted octanol–water partition coefficient (Wildman–Crippen LogP) is 3.23. The Morgan fingerprint density at radius 3 is 2.41 bits per heavy atom. The van der Waals surface area contributed by atoms with Gasteiger partial charge in [-0.25, -0.2) is 0 Å². The quantitative estimate of drug-likeness (QED) is 0.477. The van der Waals surface area contributed by atoms with Crippen LogP contribution < -0.4 is 0 Å². The highest BCUT2D eigenvalue weighted by molar-refractivity contribution is 6.67. The lowest BCUT2D eigenvalue weighted by Gasteiger charge is -1.98. The number of non-ortho nitro benzene ring substituents is 1. The van der Waals surface area contributed by atoms with Crippen LogP contribution in [0.2, 0.25) is 0 Å². The van der Waals surface area contributed by atoms with Crippen LogP contribution in [0.4, 0.5) is 5.69 Å². The number of furan rings is 1. The highest BCUT2D eigenvalue weighted by atomic mass is 35.5. The van der Waals surface area contributed by atoms with Gasteiger partial charge in [0.05, 0.1) is 11.2 Å². The standard InChI is InChI=1S/C11H6ClNO4/c12-11(14)10-9(5-6-17-10)7-1-3-8(4-2-7)13(15)16/h1-6H. The topological polar surface area (TPSA) is 73.3 Å². The van der Waals surface area contributed by atoms with Crippen LogP contribution in [0.1, 0.15) is 10.6 Å². The third-order valence-corrected chi connectivity index (χ3v) is 2.40.